The van der Waals surface area contributed by atoms with E-state index in [2.05, 4.69) is 19.9 Å². The maximum atomic E-state index is 12.1. The van der Waals surface area contributed by atoms with Crippen molar-refractivity contribution in [1.29, 1.82) is 0 Å². The van der Waals surface area contributed by atoms with Crippen molar-refractivity contribution in [1.82, 2.24) is 15.1 Å². The van der Waals surface area contributed by atoms with Gasteiger partial charge in [-0.2, -0.15) is 13.8 Å². The topological polar surface area (TPSA) is 70.3 Å². The Hall–Kier alpha value is -2.09. The maximum Gasteiger partial charge on any atom is 0.388 e. The molecule has 0 atom stereocenters. The van der Waals surface area contributed by atoms with Crippen LogP contribution in [0.2, 0.25) is 0 Å². The first kappa shape index (κ1) is 13.9. The van der Waals surface area contributed by atoms with Crippen LogP contribution in [0.1, 0.15) is 18.7 Å². The molecule has 0 unspecified atom stereocenters. The molecule has 2 heterocycles. The Morgan fingerprint density at radius 2 is 2.14 bits per heavy atom. The molecule has 2 aromatic heterocycles. The molecule has 0 amide bonds. The normalized spacial score (nSPS) is 14.6. The number of hydrogen-bond acceptors (Lipinski definition) is 6. The number of aromatic nitrogens is 3. The zero-order valence-electron chi connectivity index (χ0n) is 11.0. The lowest BCUT2D eigenvalue weighted by atomic mass is 10.3. The summed E-state index contributed by atoms with van der Waals surface area (Å²) in [6.07, 6.45) is 2.41. The Bertz CT molecular complexity index is 602. The molecule has 6 nitrogen and oxygen atoms in total. The van der Waals surface area contributed by atoms with E-state index in [9.17, 15) is 8.78 Å². The van der Waals surface area contributed by atoms with Gasteiger partial charge in [0.15, 0.2) is 0 Å². The highest BCUT2D eigenvalue weighted by atomic mass is 19.3. The van der Waals surface area contributed by atoms with Crippen molar-refractivity contribution in [3.63, 3.8) is 0 Å². The quantitative estimate of drug-likeness (QED) is 0.782. The van der Waals surface area contributed by atoms with Gasteiger partial charge in [0.25, 0.3) is 5.89 Å². The number of rotatable bonds is 7. The van der Waals surface area contributed by atoms with Crippen molar-refractivity contribution in [3.05, 3.63) is 24.1 Å². The second-order valence-electron chi connectivity index (χ2n) is 4.71. The van der Waals surface area contributed by atoms with Gasteiger partial charge in [0, 0.05) is 6.07 Å². The largest absolute Gasteiger partial charge is 0.417 e. The molecule has 1 fully saturated rings. The lowest BCUT2D eigenvalue weighted by molar-refractivity contribution is -0.0527. The second-order valence-corrected chi connectivity index (χ2v) is 4.71. The summed E-state index contributed by atoms with van der Waals surface area (Å²) in [6.45, 7) is -2.01. The molecule has 21 heavy (non-hydrogen) atoms. The monoisotopic (exact) mass is 297 g/mol. The Balaban J connectivity index is 1.64. The zero-order valence-corrected chi connectivity index (χ0v) is 11.0. The van der Waals surface area contributed by atoms with Crippen molar-refractivity contribution >= 4 is 0 Å². The molecule has 0 aromatic carbocycles. The number of pyridine rings is 1. The third-order valence-electron chi connectivity index (χ3n) is 2.91. The average molecular weight is 297 g/mol. The van der Waals surface area contributed by atoms with E-state index < -0.39 is 6.61 Å². The van der Waals surface area contributed by atoms with Crippen molar-refractivity contribution in [2.75, 3.05) is 6.61 Å². The van der Waals surface area contributed by atoms with Crippen LogP contribution >= 0.6 is 0 Å². The molecule has 0 aliphatic heterocycles. The predicted molar refractivity (Wildman–Crippen MR) is 66.5 cm³/mol. The first-order valence-electron chi connectivity index (χ1n) is 6.53. The minimum absolute atomic E-state index is 0.196. The lowest BCUT2D eigenvalue weighted by Crippen LogP contribution is -2.03. The number of halogens is 2. The van der Waals surface area contributed by atoms with Gasteiger partial charge < -0.3 is 14.0 Å². The van der Waals surface area contributed by atoms with Gasteiger partial charge in [0.1, 0.15) is 12.3 Å². The maximum absolute atomic E-state index is 12.1. The van der Waals surface area contributed by atoms with Crippen LogP contribution in [0.25, 0.3) is 11.5 Å². The molecular formula is C13H13F2N3O3. The molecule has 3 rings (SSSR count). The minimum Gasteiger partial charge on any atom is -0.417 e. The van der Waals surface area contributed by atoms with Crippen molar-refractivity contribution < 1.29 is 22.8 Å². The molecule has 1 aliphatic carbocycles. The molecule has 8 heteroatoms. The summed E-state index contributed by atoms with van der Waals surface area (Å²) in [5.41, 5.74) is 0.297. The van der Waals surface area contributed by atoms with E-state index in [1.807, 2.05) is 0 Å². The molecule has 0 N–H and O–H groups in total. The van der Waals surface area contributed by atoms with E-state index in [1.54, 1.807) is 6.07 Å². The molecule has 1 aliphatic rings. The summed E-state index contributed by atoms with van der Waals surface area (Å²) in [6, 6.07) is 4.44. The van der Waals surface area contributed by atoms with Gasteiger partial charge in [-0.25, -0.2) is 4.98 Å². The predicted octanol–water partition coefficient (Wildman–Crippen LogP) is 2.66. The van der Waals surface area contributed by atoms with Gasteiger partial charge in [0.05, 0.1) is 6.61 Å². The van der Waals surface area contributed by atoms with Crippen LogP contribution in [-0.2, 0) is 11.3 Å². The molecule has 0 spiro atoms. The van der Waals surface area contributed by atoms with Crippen molar-refractivity contribution in [2.45, 2.75) is 26.1 Å². The van der Waals surface area contributed by atoms with E-state index in [-0.39, 0.29) is 18.3 Å². The van der Waals surface area contributed by atoms with Gasteiger partial charge in [-0.15, -0.1) is 0 Å². The van der Waals surface area contributed by atoms with Gasteiger partial charge in [-0.1, -0.05) is 11.2 Å². The van der Waals surface area contributed by atoms with Crippen LogP contribution in [0.15, 0.2) is 22.7 Å². The average Bonchev–Trinajstić information content (AvgIpc) is 3.14. The van der Waals surface area contributed by atoms with Crippen LogP contribution in [0.5, 0.6) is 5.88 Å². The van der Waals surface area contributed by atoms with E-state index in [0.29, 0.717) is 24.1 Å². The van der Waals surface area contributed by atoms with E-state index >= 15 is 0 Å². The summed E-state index contributed by atoms with van der Waals surface area (Å²) in [5.74, 6) is 0.989. The fourth-order valence-corrected chi connectivity index (χ4v) is 1.71. The Kier molecular flexibility index (Phi) is 4.05. The molecule has 1 saturated carbocycles. The van der Waals surface area contributed by atoms with Crippen molar-refractivity contribution in [3.8, 4) is 17.4 Å². The number of nitrogens with zero attached hydrogens (tertiary/aromatic N) is 3. The number of ether oxygens (including phenoxy) is 2. The first-order valence-corrected chi connectivity index (χ1v) is 6.53. The first-order chi connectivity index (χ1) is 10.2. The summed E-state index contributed by atoms with van der Waals surface area (Å²) in [5, 5.41) is 3.75. The summed E-state index contributed by atoms with van der Waals surface area (Å²) in [7, 11) is 0. The van der Waals surface area contributed by atoms with Crippen LogP contribution in [-0.4, -0.2) is 28.3 Å². The highest BCUT2D eigenvalue weighted by Gasteiger charge is 2.21. The van der Waals surface area contributed by atoms with Gasteiger partial charge >= 0.3 is 6.61 Å². The van der Waals surface area contributed by atoms with Crippen LogP contribution in [0.3, 0.4) is 0 Å². The van der Waals surface area contributed by atoms with Gasteiger partial charge in [-0.3, -0.25) is 0 Å². The Labute approximate surface area is 119 Å². The molecule has 0 bridgehead atoms. The minimum atomic E-state index is -2.93. The lowest BCUT2D eigenvalue weighted by Gasteiger charge is -2.03. The summed E-state index contributed by atoms with van der Waals surface area (Å²) >= 11 is 0. The third-order valence-corrected chi connectivity index (χ3v) is 2.91. The molecule has 0 saturated heterocycles. The van der Waals surface area contributed by atoms with E-state index in [1.165, 1.54) is 25.0 Å². The fraction of sp³-hybridized carbons (Fsp3) is 0.462. The standard InChI is InChI=1S/C13H13F2N3O3/c14-13(15)20-10-3-1-2-9(16-10)12-17-11(21-18-12)7-19-6-8-4-5-8/h1-3,8,13H,4-7H2. The third kappa shape index (κ3) is 3.94. The van der Waals surface area contributed by atoms with Gasteiger partial charge in [0.2, 0.25) is 11.7 Å². The van der Waals surface area contributed by atoms with E-state index in [4.69, 9.17) is 9.26 Å². The molecule has 2 aromatic rings. The van der Waals surface area contributed by atoms with Crippen LogP contribution in [0.4, 0.5) is 8.78 Å². The Morgan fingerprint density at radius 3 is 2.90 bits per heavy atom. The van der Waals surface area contributed by atoms with Crippen LogP contribution < -0.4 is 4.74 Å². The molecule has 0 radical (unpaired) electrons. The smallest absolute Gasteiger partial charge is 0.388 e. The second kappa shape index (κ2) is 6.13. The molecule has 112 valence electrons. The molecular weight excluding hydrogens is 284 g/mol. The van der Waals surface area contributed by atoms with Crippen molar-refractivity contribution in [2.24, 2.45) is 5.92 Å². The Morgan fingerprint density at radius 1 is 1.29 bits per heavy atom. The fourth-order valence-electron chi connectivity index (χ4n) is 1.71. The SMILES string of the molecule is FC(F)Oc1cccc(-c2noc(COCC3CC3)n2)n1. The number of hydrogen-bond donors (Lipinski definition) is 0. The van der Waals surface area contributed by atoms with E-state index in [0.717, 1.165) is 0 Å². The summed E-state index contributed by atoms with van der Waals surface area (Å²) < 4.78 is 39.0. The van der Waals surface area contributed by atoms with Crippen LogP contribution in [0, 0.1) is 5.92 Å². The highest BCUT2D eigenvalue weighted by molar-refractivity contribution is 5.48. The van der Waals surface area contributed by atoms with Gasteiger partial charge in [-0.05, 0) is 24.8 Å². The number of alkyl halides is 2. The summed E-state index contributed by atoms with van der Waals surface area (Å²) in [4.78, 5) is 8.00. The highest BCUT2D eigenvalue weighted by Crippen LogP contribution is 2.29. The zero-order chi connectivity index (χ0) is 14.7.